The summed E-state index contributed by atoms with van der Waals surface area (Å²) in [5.74, 6) is -0.575. The summed E-state index contributed by atoms with van der Waals surface area (Å²) in [7, 11) is 0. The van der Waals surface area contributed by atoms with Gasteiger partial charge in [-0.15, -0.1) is 5.10 Å². The summed E-state index contributed by atoms with van der Waals surface area (Å²) >= 11 is 1.25. The number of hydrogen-bond acceptors (Lipinski definition) is 6. The number of halogens is 1. The van der Waals surface area contributed by atoms with E-state index in [0.29, 0.717) is 23.3 Å². The lowest BCUT2D eigenvalue weighted by molar-refractivity contribution is 0.264. The number of aromatic nitrogens is 5. The smallest absolute Gasteiger partial charge is 0.350 e. The zero-order valence-corrected chi connectivity index (χ0v) is 18.4. The Labute approximate surface area is 181 Å². The van der Waals surface area contributed by atoms with Gasteiger partial charge >= 0.3 is 5.69 Å². The lowest BCUT2D eigenvalue weighted by atomic mass is 9.97. The molecule has 0 saturated carbocycles. The monoisotopic (exact) mass is 443 g/mol. The molecule has 4 rings (SSSR count). The molecule has 0 bridgehead atoms. The molecule has 0 radical (unpaired) electrons. The van der Waals surface area contributed by atoms with Crippen molar-refractivity contribution in [1.82, 2.24) is 23.3 Å². The molecule has 4 aromatic rings. The van der Waals surface area contributed by atoms with E-state index >= 15 is 4.39 Å². The molecule has 8 nitrogen and oxygen atoms in total. The van der Waals surface area contributed by atoms with E-state index in [1.54, 1.807) is 18.5 Å². The van der Waals surface area contributed by atoms with Crippen LogP contribution in [0.5, 0.6) is 0 Å². The summed E-state index contributed by atoms with van der Waals surface area (Å²) in [6.45, 7) is 7.36. The van der Waals surface area contributed by atoms with Gasteiger partial charge in [0.25, 0.3) is 5.56 Å². The van der Waals surface area contributed by atoms with E-state index in [9.17, 15) is 14.7 Å². The zero-order chi connectivity index (χ0) is 22.4. The molecule has 162 valence electrons. The molecule has 0 atom stereocenters. The van der Waals surface area contributed by atoms with Gasteiger partial charge in [-0.25, -0.2) is 9.18 Å². The van der Waals surface area contributed by atoms with Gasteiger partial charge in [0.1, 0.15) is 18.1 Å². The average molecular weight is 444 g/mol. The van der Waals surface area contributed by atoms with Crippen molar-refractivity contribution < 1.29 is 9.50 Å². The van der Waals surface area contributed by atoms with Gasteiger partial charge in [0, 0.05) is 18.1 Å². The first kappa shape index (κ1) is 21.1. The van der Waals surface area contributed by atoms with Crippen LogP contribution in [0.1, 0.15) is 43.8 Å². The van der Waals surface area contributed by atoms with Crippen LogP contribution < -0.4 is 11.2 Å². The Bertz CT molecular complexity index is 1410. The second-order valence-corrected chi connectivity index (χ2v) is 8.19. The highest BCUT2D eigenvalue weighted by Gasteiger charge is 2.21. The van der Waals surface area contributed by atoms with Crippen molar-refractivity contribution in [3.63, 3.8) is 0 Å². The molecule has 0 spiro atoms. The number of aliphatic hydroxyl groups is 1. The van der Waals surface area contributed by atoms with Crippen LogP contribution in [0.25, 0.3) is 22.1 Å². The van der Waals surface area contributed by atoms with Crippen molar-refractivity contribution in [2.75, 3.05) is 0 Å². The topological polar surface area (TPSA) is 94.9 Å². The highest BCUT2D eigenvalue weighted by Crippen LogP contribution is 2.28. The highest BCUT2D eigenvalue weighted by molar-refractivity contribution is 7.04. The largest absolute Gasteiger partial charge is 0.388 e. The average Bonchev–Trinajstić information content (AvgIpc) is 3.30. The van der Waals surface area contributed by atoms with Gasteiger partial charge in [-0.05, 0) is 54.4 Å². The molecule has 31 heavy (non-hydrogen) atoms. The number of fused-ring (bicyclic) bond motifs is 1. The summed E-state index contributed by atoms with van der Waals surface area (Å²) in [6.07, 6.45) is 1.75. The summed E-state index contributed by atoms with van der Waals surface area (Å²) < 4.78 is 23.1. The third-order valence-corrected chi connectivity index (χ3v) is 6.05. The number of rotatable bonds is 5. The van der Waals surface area contributed by atoms with Crippen molar-refractivity contribution in [2.45, 2.75) is 46.8 Å². The van der Waals surface area contributed by atoms with Crippen molar-refractivity contribution >= 4 is 22.3 Å². The first-order valence-corrected chi connectivity index (χ1v) is 10.7. The maximum Gasteiger partial charge on any atom is 0.350 e. The fourth-order valence-corrected chi connectivity index (χ4v) is 4.41. The number of aryl methyl sites for hydroxylation is 1. The molecule has 0 fully saturated rings. The molecular weight excluding hydrogens is 421 g/mol. The zero-order valence-electron chi connectivity index (χ0n) is 17.6. The van der Waals surface area contributed by atoms with Gasteiger partial charge in [-0.2, -0.15) is 9.06 Å². The number of benzene rings is 1. The summed E-state index contributed by atoms with van der Waals surface area (Å²) in [5.41, 5.74) is 1.22. The van der Waals surface area contributed by atoms with Gasteiger partial charge in [-0.3, -0.25) is 13.9 Å². The number of aliphatic hydroxyl groups excluding tert-OH is 1. The minimum absolute atomic E-state index is 0.0255. The SMILES string of the molecule is CCn1c(CO)nn(-c2cc3c(C(C)C)cn(-c4csnc4C)c(=O)c3cc2F)c1=O. The third-order valence-electron chi connectivity index (χ3n) is 5.35. The normalized spacial score (nSPS) is 11.7. The van der Waals surface area contributed by atoms with E-state index in [4.69, 9.17) is 0 Å². The van der Waals surface area contributed by atoms with E-state index in [0.717, 1.165) is 16.3 Å². The van der Waals surface area contributed by atoms with Gasteiger partial charge in [-0.1, -0.05) is 13.8 Å². The van der Waals surface area contributed by atoms with Crippen LogP contribution in [-0.4, -0.2) is 28.4 Å². The third kappa shape index (κ3) is 3.31. The van der Waals surface area contributed by atoms with Gasteiger partial charge in [0.15, 0.2) is 5.82 Å². The van der Waals surface area contributed by atoms with E-state index in [-0.39, 0.29) is 28.4 Å². The predicted octanol–water partition coefficient (Wildman–Crippen LogP) is 2.88. The second-order valence-electron chi connectivity index (χ2n) is 7.56. The molecule has 0 unspecified atom stereocenters. The molecular formula is C21H22FN5O3S. The Morgan fingerprint density at radius 1 is 1.19 bits per heavy atom. The minimum atomic E-state index is -0.746. The number of pyridine rings is 1. The molecule has 1 N–H and O–H groups in total. The van der Waals surface area contributed by atoms with Crippen LogP contribution in [0.4, 0.5) is 4.39 Å². The molecule has 0 aliphatic carbocycles. The lowest BCUT2D eigenvalue weighted by Gasteiger charge is -2.15. The second kappa shape index (κ2) is 7.86. The Morgan fingerprint density at radius 3 is 2.48 bits per heavy atom. The van der Waals surface area contributed by atoms with Crippen molar-refractivity contribution in [2.24, 2.45) is 0 Å². The van der Waals surface area contributed by atoms with Crippen molar-refractivity contribution in [3.8, 4) is 11.4 Å². The Balaban J connectivity index is 2.06. The van der Waals surface area contributed by atoms with Gasteiger partial charge in [0.2, 0.25) is 0 Å². The van der Waals surface area contributed by atoms with Gasteiger partial charge < -0.3 is 5.11 Å². The first-order chi connectivity index (χ1) is 14.8. The Kier molecular flexibility index (Phi) is 5.36. The molecule has 3 aromatic heterocycles. The van der Waals surface area contributed by atoms with Crippen LogP contribution in [-0.2, 0) is 13.2 Å². The van der Waals surface area contributed by atoms with Crippen LogP contribution >= 0.6 is 11.5 Å². The summed E-state index contributed by atoms with van der Waals surface area (Å²) in [4.78, 5) is 25.9. The van der Waals surface area contributed by atoms with E-state index in [1.807, 2.05) is 20.8 Å². The molecule has 10 heteroatoms. The van der Waals surface area contributed by atoms with Crippen LogP contribution in [0.15, 0.2) is 33.3 Å². The van der Waals surface area contributed by atoms with Crippen molar-refractivity contribution in [3.05, 3.63) is 67.4 Å². The van der Waals surface area contributed by atoms with Crippen LogP contribution in [0, 0.1) is 12.7 Å². The van der Waals surface area contributed by atoms with E-state index < -0.39 is 18.1 Å². The minimum Gasteiger partial charge on any atom is -0.388 e. The van der Waals surface area contributed by atoms with Gasteiger partial charge in [0.05, 0.1) is 16.8 Å². The summed E-state index contributed by atoms with van der Waals surface area (Å²) in [6, 6.07) is 2.64. The molecule has 0 saturated heterocycles. The lowest BCUT2D eigenvalue weighted by Crippen LogP contribution is -2.25. The summed E-state index contributed by atoms with van der Waals surface area (Å²) in [5, 5.41) is 16.1. The quantitative estimate of drug-likeness (QED) is 0.512. The molecule has 0 aliphatic heterocycles. The van der Waals surface area contributed by atoms with Crippen molar-refractivity contribution in [1.29, 1.82) is 0 Å². The molecule has 0 amide bonds. The first-order valence-electron chi connectivity index (χ1n) is 9.88. The van der Waals surface area contributed by atoms with E-state index in [1.165, 1.54) is 26.7 Å². The predicted molar refractivity (Wildman–Crippen MR) is 117 cm³/mol. The standard InChI is InChI=1S/C21H22FN5O3S/c1-5-25-19(9-28)23-27(21(25)30)17-7-13-14(6-16(17)22)20(29)26(8-15(13)11(2)3)18-10-31-24-12(18)4/h6-8,10-11,28H,5,9H2,1-4H3. The molecule has 1 aromatic carbocycles. The van der Waals surface area contributed by atoms with Crippen LogP contribution in [0.2, 0.25) is 0 Å². The fraction of sp³-hybridized carbons (Fsp3) is 0.333. The number of nitrogens with zero attached hydrogens (tertiary/aromatic N) is 5. The maximum atomic E-state index is 15.2. The van der Waals surface area contributed by atoms with E-state index in [2.05, 4.69) is 9.47 Å². The molecule has 3 heterocycles. The Morgan fingerprint density at radius 2 is 1.94 bits per heavy atom. The maximum absolute atomic E-state index is 15.2. The van der Waals surface area contributed by atoms with Crippen LogP contribution in [0.3, 0.4) is 0 Å². The number of hydrogen-bond donors (Lipinski definition) is 1. The molecule has 0 aliphatic rings. The Hall–Kier alpha value is -3.11. The highest BCUT2D eigenvalue weighted by atomic mass is 32.1. The fourth-order valence-electron chi connectivity index (χ4n) is 3.72.